The van der Waals surface area contributed by atoms with E-state index < -0.39 is 0 Å². The molecule has 5 nitrogen and oxygen atoms in total. The molecule has 3 heterocycles. The summed E-state index contributed by atoms with van der Waals surface area (Å²) < 4.78 is 4.69. The zero-order chi connectivity index (χ0) is 53.4. The van der Waals surface area contributed by atoms with Gasteiger partial charge in [-0.25, -0.2) is 4.98 Å². The Hall–Kier alpha value is -8.11. The first-order valence-corrected chi connectivity index (χ1v) is 26.8. The van der Waals surface area contributed by atoms with E-state index in [1.807, 2.05) is 24.4 Å². The SMILES string of the molecule is CC(C)(C)c1cc(-c2cc(-c3cccc4c5ccccc5n(-c5cc(-c6ccccc6)cc(-c6ccccc6)c5)c34)ccn2)[c-]c(-c2cccc3c2nc(-c2ccccc2O)n3-c2cc(C(C)(C)C)cc(C(C)(C)C)c2)c1.[Pt]. The topological polar surface area (TPSA) is 55.9 Å². The summed E-state index contributed by atoms with van der Waals surface area (Å²) in [7, 11) is 0. The van der Waals surface area contributed by atoms with Gasteiger partial charge >= 0.3 is 0 Å². The summed E-state index contributed by atoms with van der Waals surface area (Å²) >= 11 is 0. The number of aromatic hydroxyl groups is 1. The molecule has 0 aliphatic carbocycles. The molecule has 0 fully saturated rings. The van der Waals surface area contributed by atoms with Gasteiger partial charge in [0, 0.05) is 60.7 Å². The van der Waals surface area contributed by atoms with Gasteiger partial charge in [0.25, 0.3) is 0 Å². The standard InChI is InChI=1S/C72H63N4O.Pt/c1-70(2,3)53-38-51(58-28-21-32-65-67(58)74-69(62-27-17-19-33-66(62)77)76(65)57-44-54(71(4,5)6)43-55(45-57)72(7,8)9)37-52(39-53)63-42-48(34-35-73-63)59-29-20-30-61-60-26-16-18-31-64(60)75(68(59)61)56-40-49(46-22-12-10-13-23-46)36-50(41-56)47-24-14-11-15-25-47;/h10-36,38-45,77H,1-9H3;/q-1;. The van der Waals surface area contributed by atoms with E-state index in [9.17, 15) is 5.11 Å². The van der Waals surface area contributed by atoms with Crippen molar-refractivity contribution >= 4 is 32.8 Å². The normalized spacial score (nSPS) is 12.1. The summed E-state index contributed by atoms with van der Waals surface area (Å²) in [4.78, 5) is 10.6. The molecule has 9 aromatic carbocycles. The average Bonchev–Trinajstić information content (AvgIpc) is 4.18. The summed E-state index contributed by atoms with van der Waals surface area (Å²) in [6, 6.07) is 77.4. The van der Waals surface area contributed by atoms with Gasteiger partial charge in [-0.1, -0.05) is 207 Å². The van der Waals surface area contributed by atoms with Crippen LogP contribution >= 0.6 is 0 Å². The van der Waals surface area contributed by atoms with E-state index in [1.165, 1.54) is 33.0 Å². The van der Waals surface area contributed by atoms with Gasteiger partial charge in [-0.05, 0) is 116 Å². The molecule has 6 heteroatoms. The molecule has 0 aliphatic rings. The monoisotopic (exact) mass is 1190 g/mol. The Bertz CT molecular complexity index is 4130. The number of hydrogen-bond donors (Lipinski definition) is 1. The Kier molecular flexibility index (Phi) is 13.3. The third-order valence-electron chi connectivity index (χ3n) is 15.2. The van der Waals surface area contributed by atoms with Crippen LogP contribution in [0.4, 0.5) is 0 Å². The molecule has 0 aliphatic heterocycles. The molecule has 0 bridgehead atoms. The molecule has 0 radical (unpaired) electrons. The summed E-state index contributed by atoms with van der Waals surface area (Å²) in [6.45, 7) is 20.4. The number of phenols is 1. The quantitative estimate of drug-likeness (QED) is 0.154. The van der Waals surface area contributed by atoms with Crippen molar-refractivity contribution in [3.63, 3.8) is 0 Å². The second kappa shape index (κ2) is 20.0. The van der Waals surface area contributed by atoms with Gasteiger partial charge in [-0.3, -0.25) is 9.55 Å². The number of nitrogens with zero attached hydrogens (tertiary/aromatic N) is 4. The van der Waals surface area contributed by atoms with Crippen LogP contribution in [0.1, 0.15) is 79.0 Å². The molecule has 0 atom stereocenters. The molecule has 0 saturated heterocycles. The number of benzene rings is 9. The van der Waals surface area contributed by atoms with Crippen LogP contribution in [-0.4, -0.2) is 24.2 Å². The maximum Gasteiger partial charge on any atom is 0.148 e. The first-order valence-electron chi connectivity index (χ1n) is 26.8. The van der Waals surface area contributed by atoms with E-state index in [0.717, 1.165) is 83.6 Å². The second-order valence-electron chi connectivity index (χ2n) is 23.7. The number of phenolic OH excluding ortho intramolecular Hbond substituents is 1. The van der Waals surface area contributed by atoms with Crippen LogP contribution in [0.2, 0.25) is 0 Å². The Morgan fingerprint density at radius 3 is 1.59 bits per heavy atom. The Morgan fingerprint density at radius 2 is 0.936 bits per heavy atom. The zero-order valence-electron chi connectivity index (χ0n) is 45.8. The molecule has 12 rings (SSSR count). The molecular formula is C72H63N4OPt-. The first-order chi connectivity index (χ1) is 37.0. The summed E-state index contributed by atoms with van der Waals surface area (Å²) in [6.07, 6.45) is 1.94. The van der Waals surface area contributed by atoms with Crippen LogP contribution in [0, 0.1) is 6.07 Å². The Labute approximate surface area is 473 Å². The van der Waals surface area contributed by atoms with Gasteiger partial charge in [0.2, 0.25) is 0 Å². The summed E-state index contributed by atoms with van der Waals surface area (Å²) in [5, 5.41) is 13.9. The van der Waals surface area contributed by atoms with Gasteiger partial charge in [-0.15, -0.1) is 29.3 Å². The molecule has 3 aromatic heterocycles. The van der Waals surface area contributed by atoms with Crippen LogP contribution in [0.5, 0.6) is 5.75 Å². The number of rotatable bonds is 8. The predicted octanol–water partition coefficient (Wildman–Crippen LogP) is 18.9. The number of hydrogen-bond acceptors (Lipinski definition) is 3. The minimum absolute atomic E-state index is 0. The third kappa shape index (κ3) is 9.60. The van der Waals surface area contributed by atoms with Crippen LogP contribution in [-0.2, 0) is 37.3 Å². The molecule has 12 aromatic rings. The van der Waals surface area contributed by atoms with Crippen molar-refractivity contribution in [3.8, 4) is 84.3 Å². The third-order valence-corrected chi connectivity index (χ3v) is 15.2. The van der Waals surface area contributed by atoms with Crippen LogP contribution in [0.3, 0.4) is 0 Å². The molecule has 388 valence electrons. The smallest absolute Gasteiger partial charge is 0.148 e. The van der Waals surface area contributed by atoms with E-state index in [4.69, 9.17) is 9.97 Å². The van der Waals surface area contributed by atoms with E-state index >= 15 is 0 Å². The van der Waals surface area contributed by atoms with Crippen molar-refractivity contribution in [2.45, 2.75) is 78.6 Å². The van der Waals surface area contributed by atoms with E-state index in [2.05, 4.69) is 260 Å². The summed E-state index contributed by atoms with van der Waals surface area (Å²) in [5.41, 5.74) is 20.4. The van der Waals surface area contributed by atoms with Crippen LogP contribution < -0.4 is 0 Å². The van der Waals surface area contributed by atoms with E-state index in [-0.39, 0.29) is 43.1 Å². The first kappa shape index (κ1) is 52.0. The van der Waals surface area contributed by atoms with Gasteiger partial charge in [0.05, 0.1) is 27.6 Å². The van der Waals surface area contributed by atoms with Crippen molar-refractivity contribution in [1.29, 1.82) is 0 Å². The minimum Gasteiger partial charge on any atom is -0.507 e. The van der Waals surface area contributed by atoms with Crippen molar-refractivity contribution in [3.05, 3.63) is 235 Å². The molecule has 78 heavy (non-hydrogen) atoms. The van der Waals surface area contributed by atoms with Gasteiger partial charge < -0.3 is 9.67 Å². The van der Waals surface area contributed by atoms with E-state index in [1.54, 1.807) is 6.07 Å². The maximum absolute atomic E-state index is 11.5. The number of pyridine rings is 1. The number of imidazole rings is 1. The largest absolute Gasteiger partial charge is 0.507 e. The predicted molar refractivity (Wildman–Crippen MR) is 322 cm³/mol. The average molecular weight is 1200 g/mol. The minimum atomic E-state index is -0.208. The van der Waals surface area contributed by atoms with Crippen LogP contribution in [0.15, 0.2) is 212 Å². The Balaban J connectivity index is 0.00000645. The molecule has 0 spiro atoms. The van der Waals surface area contributed by atoms with Gasteiger partial charge in [0.15, 0.2) is 0 Å². The molecular weight excluding hydrogens is 1130 g/mol. The fraction of sp³-hybridized carbons (Fsp3) is 0.167. The van der Waals surface area contributed by atoms with Crippen molar-refractivity contribution in [2.75, 3.05) is 0 Å². The zero-order valence-corrected chi connectivity index (χ0v) is 48.0. The molecule has 0 unspecified atom stereocenters. The van der Waals surface area contributed by atoms with Crippen molar-refractivity contribution in [2.24, 2.45) is 0 Å². The van der Waals surface area contributed by atoms with Gasteiger partial charge in [-0.2, -0.15) is 0 Å². The van der Waals surface area contributed by atoms with Crippen LogP contribution in [0.25, 0.3) is 111 Å². The fourth-order valence-corrected chi connectivity index (χ4v) is 10.9. The molecule has 0 saturated carbocycles. The molecule has 1 N–H and O–H groups in total. The maximum atomic E-state index is 11.5. The summed E-state index contributed by atoms with van der Waals surface area (Å²) in [5.74, 6) is 0.851. The number of fused-ring (bicyclic) bond motifs is 4. The number of aromatic nitrogens is 4. The second-order valence-corrected chi connectivity index (χ2v) is 23.7. The number of para-hydroxylation sites is 4. The fourth-order valence-electron chi connectivity index (χ4n) is 10.9. The van der Waals surface area contributed by atoms with Crippen molar-refractivity contribution in [1.82, 2.24) is 19.1 Å². The van der Waals surface area contributed by atoms with E-state index in [0.29, 0.717) is 11.4 Å². The van der Waals surface area contributed by atoms with Crippen molar-refractivity contribution < 1.29 is 26.2 Å². The van der Waals surface area contributed by atoms with Gasteiger partial charge in [0.1, 0.15) is 11.6 Å². The molecule has 0 amide bonds. The Morgan fingerprint density at radius 1 is 0.410 bits per heavy atom.